The van der Waals surface area contributed by atoms with E-state index in [-0.39, 0.29) is 0 Å². The van der Waals surface area contributed by atoms with Gasteiger partial charge in [-0.15, -0.1) is 5.10 Å². The van der Waals surface area contributed by atoms with Crippen molar-refractivity contribution in [3.63, 3.8) is 0 Å². The number of carbonyl (C=O) groups is 2. The normalized spacial score (nSPS) is 11.8. The molecule has 3 aromatic rings. The van der Waals surface area contributed by atoms with Crippen molar-refractivity contribution in [3.8, 4) is 0 Å². The van der Waals surface area contributed by atoms with Crippen molar-refractivity contribution < 1.29 is 14.3 Å². The molecular weight excluding hydrogens is 370 g/mol. The zero-order valence-electron chi connectivity index (χ0n) is 16.4. The summed E-state index contributed by atoms with van der Waals surface area (Å²) in [7, 11) is 0. The minimum absolute atomic E-state index is 0.350. The molecule has 0 unspecified atom stereocenters. The van der Waals surface area contributed by atoms with Gasteiger partial charge < -0.3 is 10.1 Å². The molecule has 1 aromatic heterocycles. The smallest absolute Gasteiger partial charge is 0.331 e. The fraction of sp³-hybridized carbons (Fsp3) is 0.286. The van der Waals surface area contributed by atoms with Gasteiger partial charge in [0.05, 0.1) is 0 Å². The number of ether oxygens (including phenoxy) is 1. The molecule has 1 heterocycles. The van der Waals surface area contributed by atoms with Gasteiger partial charge >= 0.3 is 5.97 Å². The Hall–Kier alpha value is -3.55. The molecule has 0 saturated carbocycles. The van der Waals surface area contributed by atoms with Crippen LogP contribution >= 0.6 is 0 Å². The van der Waals surface area contributed by atoms with Crippen LogP contribution in [0.4, 0.5) is 5.69 Å². The van der Waals surface area contributed by atoms with Crippen LogP contribution in [0.5, 0.6) is 0 Å². The van der Waals surface area contributed by atoms with E-state index in [0.29, 0.717) is 18.0 Å². The number of nitrogens with one attached hydrogen (secondary N) is 1. The highest BCUT2D eigenvalue weighted by Gasteiger charge is 2.24. The molecule has 1 amide bonds. The topological polar surface area (TPSA) is 99.0 Å². The molecule has 8 heteroatoms. The highest BCUT2D eigenvalue weighted by atomic mass is 16.5. The maximum atomic E-state index is 12.6. The van der Waals surface area contributed by atoms with Gasteiger partial charge in [-0.3, -0.25) is 4.79 Å². The van der Waals surface area contributed by atoms with E-state index in [4.69, 9.17) is 4.74 Å². The molecule has 0 aliphatic carbocycles. The average molecular weight is 393 g/mol. The number of carbonyl (C=O) groups excluding carboxylic acids is 2. The van der Waals surface area contributed by atoms with Crippen LogP contribution in [0.25, 0.3) is 0 Å². The van der Waals surface area contributed by atoms with Crippen LogP contribution in [-0.2, 0) is 20.7 Å². The predicted octanol–water partition coefficient (Wildman–Crippen LogP) is 2.76. The molecule has 0 fully saturated rings. The van der Waals surface area contributed by atoms with Gasteiger partial charge in [-0.05, 0) is 39.6 Å². The molecule has 0 aliphatic rings. The summed E-state index contributed by atoms with van der Waals surface area (Å²) in [5, 5.41) is 13.7. The fourth-order valence-corrected chi connectivity index (χ4v) is 2.81. The van der Waals surface area contributed by atoms with E-state index in [1.807, 2.05) is 54.6 Å². The second kappa shape index (κ2) is 9.59. The second-order valence-electron chi connectivity index (χ2n) is 6.93. The molecule has 0 bridgehead atoms. The van der Waals surface area contributed by atoms with Crippen molar-refractivity contribution in [1.82, 2.24) is 20.2 Å². The lowest BCUT2D eigenvalue weighted by Crippen LogP contribution is -2.28. The molecule has 0 aliphatic heterocycles. The minimum atomic E-state index is -0.759. The van der Waals surface area contributed by atoms with E-state index in [0.717, 1.165) is 5.56 Å². The lowest BCUT2D eigenvalue weighted by molar-refractivity contribution is -0.151. The van der Waals surface area contributed by atoms with E-state index < -0.39 is 24.5 Å². The number of nitrogens with zero attached hydrogens (tertiary/aromatic N) is 4. The van der Waals surface area contributed by atoms with E-state index in [1.165, 1.54) is 16.6 Å². The van der Waals surface area contributed by atoms with Gasteiger partial charge in [0.25, 0.3) is 5.91 Å². The van der Waals surface area contributed by atoms with E-state index in [1.54, 1.807) is 0 Å². The van der Waals surface area contributed by atoms with Crippen molar-refractivity contribution in [1.29, 1.82) is 0 Å². The van der Waals surface area contributed by atoms with Crippen molar-refractivity contribution in [2.75, 3.05) is 11.9 Å². The molecule has 3 rings (SSSR count). The molecular formula is C21H23N5O3. The van der Waals surface area contributed by atoms with Crippen LogP contribution in [0.1, 0.15) is 36.9 Å². The Bertz CT molecular complexity index is 925. The molecule has 150 valence electrons. The van der Waals surface area contributed by atoms with Crippen molar-refractivity contribution in [2.24, 2.45) is 0 Å². The summed E-state index contributed by atoms with van der Waals surface area (Å²) in [6.07, 6.45) is 1.70. The van der Waals surface area contributed by atoms with Gasteiger partial charge in [0.2, 0.25) is 0 Å². The van der Waals surface area contributed by atoms with Crippen molar-refractivity contribution >= 4 is 17.6 Å². The highest BCUT2D eigenvalue weighted by molar-refractivity contribution is 5.93. The number of aromatic nitrogens is 4. The Morgan fingerprint density at radius 1 is 1.07 bits per heavy atom. The molecule has 0 spiro atoms. The largest absolute Gasteiger partial charge is 0.454 e. The standard InChI is InChI=1S/C21H23N5O3/c1-15(2)17-8-10-18(11-9-17)23-20(27)13-29-21(28)19(26-14-22-24-25-26)12-16-6-4-3-5-7-16/h3-11,14-15,19H,12-13H2,1-2H3,(H,23,27)/t19-/m1/s1. The fourth-order valence-electron chi connectivity index (χ4n) is 2.81. The lowest BCUT2D eigenvalue weighted by atomic mass is 10.0. The van der Waals surface area contributed by atoms with Gasteiger partial charge in [0, 0.05) is 12.1 Å². The summed E-state index contributed by atoms with van der Waals surface area (Å²) < 4.78 is 6.56. The Morgan fingerprint density at radius 3 is 2.41 bits per heavy atom. The van der Waals surface area contributed by atoms with E-state index in [2.05, 4.69) is 34.7 Å². The van der Waals surface area contributed by atoms with E-state index >= 15 is 0 Å². The van der Waals surface area contributed by atoms with Gasteiger partial charge in [-0.2, -0.15) is 0 Å². The number of hydrogen-bond acceptors (Lipinski definition) is 6. The zero-order chi connectivity index (χ0) is 20.6. The first-order valence-corrected chi connectivity index (χ1v) is 9.36. The molecule has 1 atom stereocenters. The zero-order valence-corrected chi connectivity index (χ0v) is 16.4. The van der Waals surface area contributed by atoms with Crippen LogP contribution < -0.4 is 5.32 Å². The van der Waals surface area contributed by atoms with Crippen LogP contribution in [0, 0.1) is 0 Å². The summed E-state index contributed by atoms with van der Waals surface area (Å²) in [5.74, 6) is -0.578. The molecule has 8 nitrogen and oxygen atoms in total. The molecule has 29 heavy (non-hydrogen) atoms. The molecule has 0 radical (unpaired) electrons. The SMILES string of the molecule is CC(C)c1ccc(NC(=O)COC(=O)[C@@H](Cc2ccccc2)n2cnnn2)cc1. The first-order chi connectivity index (χ1) is 14.0. The maximum Gasteiger partial charge on any atom is 0.331 e. The minimum Gasteiger partial charge on any atom is -0.454 e. The predicted molar refractivity (Wildman–Crippen MR) is 107 cm³/mol. The van der Waals surface area contributed by atoms with E-state index in [9.17, 15) is 9.59 Å². The first-order valence-electron chi connectivity index (χ1n) is 9.36. The number of tetrazole rings is 1. The highest BCUT2D eigenvalue weighted by Crippen LogP contribution is 2.17. The van der Waals surface area contributed by atoms with Crippen molar-refractivity contribution in [3.05, 3.63) is 72.1 Å². The summed E-state index contributed by atoms with van der Waals surface area (Å²) in [6.45, 7) is 3.81. The Morgan fingerprint density at radius 2 is 1.79 bits per heavy atom. The number of anilines is 1. The monoisotopic (exact) mass is 393 g/mol. The quantitative estimate of drug-likeness (QED) is 0.591. The molecule has 0 saturated heterocycles. The molecule has 1 N–H and O–H groups in total. The Balaban J connectivity index is 1.58. The Kier molecular flexibility index (Phi) is 6.67. The average Bonchev–Trinajstić information content (AvgIpc) is 3.26. The van der Waals surface area contributed by atoms with Gasteiger partial charge in [-0.25, -0.2) is 9.48 Å². The third-order valence-electron chi connectivity index (χ3n) is 4.43. The maximum absolute atomic E-state index is 12.6. The number of rotatable bonds is 8. The number of esters is 1. The van der Waals surface area contributed by atoms with Gasteiger partial charge in [-0.1, -0.05) is 56.3 Å². The Labute approximate surface area is 168 Å². The van der Waals surface area contributed by atoms with Gasteiger partial charge in [0.15, 0.2) is 12.6 Å². The van der Waals surface area contributed by atoms with Crippen LogP contribution in [0.3, 0.4) is 0 Å². The summed E-state index contributed by atoms with van der Waals surface area (Å²) >= 11 is 0. The van der Waals surface area contributed by atoms with Crippen LogP contribution in [0.2, 0.25) is 0 Å². The third kappa shape index (κ3) is 5.71. The summed E-state index contributed by atoms with van der Waals surface area (Å²) in [5.41, 5.74) is 2.76. The summed E-state index contributed by atoms with van der Waals surface area (Å²) in [4.78, 5) is 24.8. The number of hydrogen-bond donors (Lipinski definition) is 1. The third-order valence-corrected chi connectivity index (χ3v) is 4.43. The second-order valence-corrected chi connectivity index (χ2v) is 6.93. The van der Waals surface area contributed by atoms with Crippen LogP contribution in [-0.4, -0.2) is 38.7 Å². The van der Waals surface area contributed by atoms with Crippen LogP contribution in [0.15, 0.2) is 60.9 Å². The molecule has 2 aromatic carbocycles. The number of amides is 1. The van der Waals surface area contributed by atoms with Crippen molar-refractivity contribution in [2.45, 2.75) is 32.2 Å². The number of benzene rings is 2. The lowest BCUT2D eigenvalue weighted by Gasteiger charge is -2.15. The summed E-state index contributed by atoms with van der Waals surface area (Å²) in [6, 6.07) is 16.3. The van der Waals surface area contributed by atoms with Gasteiger partial charge in [0.1, 0.15) is 6.33 Å². The first kappa shape index (κ1) is 20.2.